The van der Waals surface area contributed by atoms with E-state index in [2.05, 4.69) is 108 Å². The molecule has 0 aliphatic carbocycles. The second kappa shape index (κ2) is 10.5. The van der Waals surface area contributed by atoms with Gasteiger partial charge >= 0.3 is 5.97 Å². The first-order valence-corrected chi connectivity index (χ1v) is 13.5. The van der Waals surface area contributed by atoms with E-state index in [0.717, 1.165) is 37.6 Å². The number of nitrogens with zero attached hydrogens (tertiary/aromatic N) is 1. The first-order valence-electron chi connectivity index (χ1n) is 9.46. The van der Waals surface area contributed by atoms with Gasteiger partial charge in [-0.05, 0) is 144 Å². The first-order chi connectivity index (χ1) is 15.3. The maximum atomic E-state index is 12.4. The molecule has 0 fully saturated rings. The van der Waals surface area contributed by atoms with Gasteiger partial charge in [-0.2, -0.15) is 0 Å². The fraction of sp³-hybridized carbons (Fsp3) is 0.0833. The molecule has 0 saturated heterocycles. The van der Waals surface area contributed by atoms with Crippen LogP contribution < -0.4 is 4.74 Å². The SMILES string of the molecule is Cc1ccccc1COc1c(I)cc(/C=C2\N=C(c3ccc(I)c(Br)c3)OC2=O)cc1I. The molecule has 162 valence electrons. The van der Waals surface area contributed by atoms with Gasteiger partial charge in [-0.15, -0.1) is 0 Å². The molecule has 0 N–H and O–H groups in total. The molecule has 32 heavy (non-hydrogen) atoms. The van der Waals surface area contributed by atoms with E-state index in [-0.39, 0.29) is 5.70 Å². The minimum atomic E-state index is -0.459. The summed E-state index contributed by atoms with van der Waals surface area (Å²) in [5.74, 6) is 0.680. The number of halogens is 4. The molecule has 0 aromatic heterocycles. The lowest BCUT2D eigenvalue weighted by molar-refractivity contribution is -0.129. The van der Waals surface area contributed by atoms with E-state index in [1.165, 1.54) is 5.56 Å². The highest BCUT2D eigenvalue weighted by Gasteiger charge is 2.24. The molecule has 4 nitrogen and oxygen atoms in total. The molecule has 0 atom stereocenters. The van der Waals surface area contributed by atoms with Crippen molar-refractivity contribution in [2.24, 2.45) is 4.99 Å². The smallest absolute Gasteiger partial charge is 0.363 e. The van der Waals surface area contributed by atoms with Gasteiger partial charge in [-0.25, -0.2) is 9.79 Å². The number of carbonyl (C=O) groups excluding carboxylic acids is 1. The normalized spacial score (nSPS) is 14.5. The van der Waals surface area contributed by atoms with Crippen molar-refractivity contribution in [3.8, 4) is 5.75 Å². The molecule has 0 radical (unpaired) electrons. The average Bonchev–Trinajstić information content (AvgIpc) is 3.11. The van der Waals surface area contributed by atoms with E-state index in [4.69, 9.17) is 9.47 Å². The van der Waals surface area contributed by atoms with E-state index in [0.29, 0.717) is 12.5 Å². The van der Waals surface area contributed by atoms with Crippen molar-refractivity contribution in [1.82, 2.24) is 0 Å². The van der Waals surface area contributed by atoms with Crippen LogP contribution in [0, 0.1) is 17.6 Å². The molecule has 0 bridgehead atoms. The van der Waals surface area contributed by atoms with Gasteiger partial charge in [0.25, 0.3) is 0 Å². The highest BCUT2D eigenvalue weighted by atomic mass is 127. The van der Waals surface area contributed by atoms with E-state index in [1.807, 2.05) is 42.5 Å². The van der Waals surface area contributed by atoms with Crippen LogP contribution in [0.5, 0.6) is 5.75 Å². The number of esters is 1. The minimum absolute atomic E-state index is 0.273. The van der Waals surface area contributed by atoms with Gasteiger partial charge in [0.1, 0.15) is 12.4 Å². The third-order valence-electron chi connectivity index (χ3n) is 4.74. The van der Waals surface area contributed by atoms with Crippen LogP contribution in [0.3, 0.4) is 0 Å². The molecule has 3 aromatic rings. The minimum Gasteiger partial charge on any atom is -0.487 e. The first kappa shape index (κ1) is 24.1. The standard InChI is InChI=1S/C24H15BrI3NO3/c1-13-4-2-3-5-16(13)12-31-22-19(27)8-14(9-20(22)28)10-21-24(30)32-23(29-21)15-6-7-18(26)17(25)11-15/h2-11H,12H2,1H3/b21-10-. The number of aliphatic imine (C=N–C) groups is 1. The summed E-state index contributed by atoms with van der Waals surface area (Å²) >= 11 is 10.2. The molecule has 0 unspecified atom stereocenters. The fourth-order valence-electron chi connectivity index (χ4n) is 3.04. The van der Waals surface area contributed by atoms with Crippen molar-refractivity contribution in [2.45, 2.75) is 13.5 Å². The number of hydrogen-bond donors (Lipinski definition) is 0. The van der Waals surface area contributed by atoms with Gasteiger partial charge < -0.3 is 9.47 Å². The average molecular weight is 826 g/mol. The van der Waals surface area contributed by atoms with Crippen LogP contribution >= 0.6 is 83.7 Å². The highest BCUT2D eigenvalue weighted by molar-refractivity contribution is 14.1. The lowest BCUT2D eigenvalue weighted by atomic mass is 10.1. The number of cyclic esters (lactones) is 1. The summed E-state index contributed by atoms with van der Waals surface area (Å²) < 4.78 is 15.4. The van der Waals surface area contributed by atoms with Gasteiger partial charge in [0.15, 0.2) is 5.70 Å². The quantitative estimate of drug-likeness (QED) is 0.152. The zero-order valence-corrected chi connectivity index (χ0v) is 24.7. The highest BCUT2D eigenvalue weighted by Crippen LogP contribution is 2.31. The Balaban J connectivity index is 1.57. The van der Waals surface area contributed by atoms with Gasteiger partial charge in [0.05, 0.1) is 7.14 Å². The zero-order chi connectivity index (χ0) is 22.8. The molecule has 1 aliphatic rings. The van der Waals surface area contributed by atoms with Crippen LogP contribution in [-0.2, 0) is 16.1 Å². The van der Waals surface area contributed by atoms with Crippen LogP contribution in [0.25, 0.3) is 6.08 Å². The Labute approximate surface area is 235 Å². The Bertz CT molecular complexity index is 1260. The number of carbonyl (C=O) groups is 1. The van der Waals surface area contributed by atoms with Crippen LogP contribution in [-0.4, -0.2) is 11.9 Å². The summed E-state index contributed by atoms with van der Waals surface area (Å²) in [5, 5.41) is 0. The van der Waals surface area contributed by atoms with Gasteiger partial charge in [-0.3, -0.25) is 0 Å². The second-order valence-electron chi connectivity index (χ2n) is 6.99. The molecule has 1 heterocycles. The van der Waals surface area contributed by atoms with Gasteiger partial charge in [0, 0.05) is 13.6 Å². The molecular weight excluding hydrogens is 811 g/mol. The number of rotatable bonds is 5. The summed E-state index contributed by atoms with van der Waals surface area (Å²) in [4.78, 5) is 16.8. The van der Waals surface area contributed by atoms with Crippen LogP contribution in [0.1, 0.15) is 22.3 Å². The number of ether oxygens (including phenoxy) is 2. The summed E-state index contributed by atoms with van der Waals surface area (Å²) in [7, 11) is 0. The Morgan fingerprint density at radius 3 is 2.44 bits per heavy atom. The van der Waals surface area contributed by atoms with Crippen molar-refractivity contribution in [3.05, 3.63) is 97.7 Å². The lowest BCUT2D eigenvalue weighted by Gasteiger charge is -2.13. The molecule has 8 heteroatoms. The Hall–Kier alpha value is -0.990. The Morgan fingerprint density at radius 2 is 1.75 bits per heavy atom. The molecular formula is C24H15BrI3NO3. The van der Waals surface area contributed by atoms with Crippen LogP contribution in [0.2, 0.25) is 0 Å². The lowest BCUT2D eigenvalue weighted by Crippen LogP contribution is -2.05. The molecule has 0 amide bonds. The van der Waals surface area contributed by atoms with Crippen molar-refractivity contribution >= 4 is 102 Å². The molecule has 0 saturated carbocycles. The molecule has 4 rings (SSSR count). The topological polar surface area (TPSA) is 47.9 Å². The molecule has 0 spiro atoms. The third-order valence-corrected chi connectivity index (χ3v) is 8.68. The molecule has 3 aromatic carbocycles. The van der Waals surface area contributed by atoms with Gasteiger partial charge in [-0.1, -0.05) is 24.3 Å². The zero-order valence-electron chi connectivity index (χ0n) is 16.7. The van der Waals surface area contributed by atoms with Crippen molar-refractivity contribution in [3.63, 3.8) is 0 Å². The fourth-order valence-corrected chi connectivity index (χ4v) is 5.88. The monoisotopic (exact) mass is 825 g/mol. The number of aryl methyl sites for hydroxylation is 1. The Kier molecular flexibility index (Phi) is 7.93. The predicted molar refractivity (Wildman–Crippen MR) is 155 cm³/mol. The molecule has 1 aliphatic heterocycles. The van der Waals surface area contributed by atoms with E-state index in [9.17, 15) is 4.79 Å². The summed E-state index contributed by atoms with van der Waals surface area (Å²) in [6, 6.07) is 17.9. The number of benzene rings is 3. The number of hydrogen-bond acceptors (Lipinski definition) is 4. The second-order valence-corrected chi connectivity index (χ2v) is 11.3. The van der Waals surface area contributed by atoms with Crippen molar-refractivity contribution in [1.29, 1.82) is 0 Å². The van der Waals surface area contributed by atoms with Crippen molar-refractivity contribution in [2.75, 3.05) is 0 Å². The van der Waals surface area contributed by atoms with Crippen LogP contribution in [0.15, 0.2) is 69.8 Å². The maximum absolute atomic E-state index is 12.4. The maximum Gasteiger partial charge on any atom is 0.363 e. The van der Waals surface area contributed by atoms with Crippen LogP contribution in [0.4, 0.5) is 0 Å². The van der Waals surface area contributed by atoms with E-state index in [1.54, 1.807) is 6.08 Å². The summed E-state index contributed by atoms with van der Waals surface area (Å²) in [5.41, 5.74) is 4.24. The predicted octanol–water partition coefficient (Wildman–Crippen LogP) is 7.49. The Morgan fingerprint density at radius 1 is 1.03 bits per heavy atom. The van der Waals surface area contributed by atoms with E-state index >= 15 is 0 Å². The summed E-state index contributed by atoms with van der Waals surface area (Å²) in [6.07, 6.45) is 1.74. The van der Waals surface area contributed by atoms with Crippen molar-refractivity contribution < 1.29 is 14.3 Å². The van der Waals surface area contributed by atoms with E-state index < -0.39 is 5.97 Å². The summed E-state index contributed by atoms with van der Waals surface area (Å²) in [6.45, 7) is 2.58. The van der Waals surface area contributed by atoms with Gasteiger partial charge in [0.2, 0.25) is 5.90 Å². The third kappa shape index (κ3) is 5.55. The largest absolute Gasteiger partial charge is 0.487 e.